The molecule has 1 saturated carbocycles. The lowest BCUT2D eigenvalue weighted by Crippen LogP contribution is -2.44. The number of anilines is 1. The Hall–Kier alpha value is -3.16. The predicted molar refractivity (Wildman–Crippen MR) is 103 cm³/mol. The molecule has 0 atom stereocenters. The van der Waals surface area contributed by atoms with E-state index in [2.05, 4.69) is 15.7 Å². The first-order chi connectivity index (χ1) is 13.4. The first-order valence-corrected chi connectivity index (χ1v) is 9.47. The van der Waals surface area contributed by atoms with Crippen LogP contribution in [0.15, 0.2) is 30.3 Å². The Morgan fingerprint density at radius 1 is 1.18 bits per heavy atom. The average molecular weight is 381 g/mol. The Bertz CT molecular complexity index is 944. The average Bonchev–Trinajstić information content (AvgIpc) is 3.32. The topological polar surface area (TPSA) is 96.3 Å². The van der Waals surface area contributed by atoms with Crippen LogP contribution in [0.2, 0.25) is 0 Å². The van der Waals surface area contributed by atoms with E-state index in [-0.39, 0.29) is 12.5 Å². The molecule has 1 aliphatic carbocycles. The molecule has 0 unspecified atom stereocenters. The first-order valence-electron chi connectivity index (χ1n) is 9.47. The molecule has 8 heteroatoms. The van der Waals surface area contributed by atoms with Crippen molar-refractivity contribution in [1.29, 1.82) is 0 Å². The van der Waals surface area contributed by atoms with Crippen LogP contribution in [-0.2, 0) is 9.59 Å². The van der Waals surface area contributed by atoms with Crippen molar-refractivity contribution in [1.82, 2.24) is 20.0 Å². The number of carbonyl (C=O) groups is 3. The van der Waals surface area contributed by atoms with Gasteiger partial charge in [0.2, 0.25) is 5.91 Å². The van der Waals surface area contributed by atoms with Gasteiger partial charge >= 0.3 is 6.03 Å². The Morgan fingerprint density at radius 2 is 1.86 bits per heavy atom. The Morgan fingerprint density at radius 3 is 2.54 bits per heavy atom. The van der Waals surface area contributed by atoms with E-state index in [9.17, 15) is 14.4 Å². The summed E-state index contributed by atoms with van der Waals surface area (Å²) in [5.74, 6) is -0.712. The number of rotatable bonds is 4. The summed E-state index contributed by atoms with van der Waals surface area (Å²) in [4.78, 5) is 38.6. The van der Waals surface area contributed by atoms with E-state index in [1.807, 2.05) is 44.2 Å². The van der Waals surface area contributed by atoms with Gasteiger partial charge < -0.3 is 10.6 Å². The largest absolute Gasteiger partial charge is 0.325 e. The third-order valence-electron chi connectivity index (χ3n) is 5.56. The highest BCUT2D eigenvalue weighted by molar-refractivity contribution is 6.10. The summed E-state index contributed by atoms with van der Waals surface area (Å²) in [5.41, 5.74) is 2.12. The lowest BCUT2D eigenvalue weighted by molar-refractivity contribution is -0.133. The van der Waals surface area contributed by atoms with Gasteiger partial charge in [-0.15, -0.1) is 0 Å². The molecule has 1 aliphatic heterocycles. The van der Waals surface area contributed by atoms with Crippen LogP contribution in [0.3, 0.4) is 0 Å². The lowest BCUT2D eigenvalue weighted by Gasteiger charge is -2.19. The highest BCUT2D eigenvalue weighted by Crippen LogP contribution is 2.35. The molecule has 1 spiro atoms. The van der Waals surface area contributed by atoms with Gasteiger partial charge in [-0.3, -0.25) is 14.5 Å². The number of benzene rings is 1. The Labute approximate surface area is 162 Å². The van der Waals surface area contributed by atoms with Crippen molar-refractivity contribution in [3.05, 3.63) is 41.7 Å². The number of nitrogens with zero attached hydrogens (tertiary/aromatic N) is 3. The van der Waals surface area contributed by atoms with Crippen LogP contribution in [0.1, 0.15) is 37.1 Å². The molecule has 1 aromatic carbocycles. The fraction of sp³-hybridized carbons (Fsp3) is 0.400. The van der Waals surface area contributed by atoms with Gasteiger partial charge in [0.25, 0.3) is 5.91 Å². The minimum atomic E-state index is -0.804. The van der Waals surface area contributed by atoms with Crippen molar-refractivity contribution in [2.24, 2.45) is 0 Å². The van der Waals surface area contributed by atoms with Crippen LogP contribution in [0.4, 0.5) is 10.5 Å². The normalized spacial score (nSPS) is 18.0. The predicted octanol–water partition coefficient (Wildman–Crippen LogP) is 2.29. The maximum Gasteiger partial charge on any atom is 0.325 e. The number of nitrogens with one attached hydrogen (secondary N) is 2. The van der Waals surface area contributed by atoms with E-state index in [0.717, 1.165) is 29.1 Å². The van der Waals surface area contributed by atoms with Gasteiger partial charge in [0.1, 0.15) is 12.1 Å². The minimum absolute atomic E-state index is 0.293. The first kappa shape index (κ1) is 18.2. The van der Waals surface area contributed by atoms with Crippen molar-refractivity contribution in [2.45, 2.75) is 45.1 Å². The van der Waals surface area contributed by atoms with Crippen LogP contribution in [0.5, 0.6) is 0 Å². The third kappa shape index (κ3) is 2.94. The number of para-hydroxylation sites is 1. The quantitative estimate of drug-likeness (QED) is 0.794. The standard InChI is InChI=1S/C20H23N5O3/c1-13-17(14(2)25(23-13)15-8-4-3-5-9-15)21-16(26)12-24-18(27)20(22-19(24)28)10-6-7-11-20/h3-5,8-9H,6-7,10-12H2,1-2H3,(H,21,26)(H,22,28). The molecular weight excluding hydrogens is 358 g/mol. The molecule has 2 aromatic rings. The monoisotopic (exact) mass is 381 g/mol. The number of carbonyl (C=O) groups excluding carboxylic acids is 3. The van der Waals surface area contributed by atoms with Gasteiger partial charge in [-0.25, -0.2) is 9.48 Å². The number of imide groups is 1. The zero-order valence-corrected chi connectivity index (χ0v) is 16.0. The molecule has 28 heavy (non-hydrogen) atoms. The van der Waals surface area contributed by atoms with Crippen molar-refractivity contribution in [2.75, 3.05) is 11.9 Å². The summed E-state index contributed by atoms with van der Waals surface area (Å²) in [5, 5.41) is 10.1. The summed E-state index contributed by atoms with van der Waals surface area (Å²) in [6.45, 7) is 3.37. The van der Waals surface area contributed by atoms with E-state index in [1.165, 1.54) is 0 Å². The van der Waals surface area contributed by atoms with Crippen LogP contribution in [-0.4, -0.2) is 44.6 Å². The molecule has 0 radical (unpaired) electrons. The highest BCUT2D eigenvalue weighted by atomic mass is 16.2. The van der Waals surface area contributed by atoms with E-state index < -0.39 is 17.5 Å². The van der Waals surface area contributed by atoms with Gasteiger partial charge in [0, 0.05) is 0 Å². The van der Waals surface area contributed by atoms with E-state index >= 15 is 0 Å². The van der Waals surface area contributed by atoms with E-state index in [4.69, 9.17) is 0 Å². The maximum absolute atomic E-state index is 12.7. The smallest absolute Gasteiger partial charge is 0.323 e. The second kappa shape index (κ2) is 6.78. The molecular formula is C20H23N5O3. The van der Waals surface area contributed by atoms with Gasteiger partial charge in [0.15, 0.2) is 0 Å². The summed E-state index contributed by atoms with van der Waals surface area (Å²) in [6, 6.07) is 9.13. The molecule has 146 valence electrons. The molecule has 2 fully saturated rings. The lowest BCUT2D eigenvalue weighted by atomic mass is 9.98. The number of hydrogen-bond acceptors (Lipinski definition) is 4. The second-order valence-corrected chi connectivity index (χ2v) is 7.45. The zero-order chi connectivity index (χ0) is 19.9. The van der Waals surface area contributed by atoms with Crippen LogP contribution in [0.25, 0.3) is 5.69 Å². The summed E-state index contributed by atoms with van der Waals surface area (Å²) < 4.78 is 1.76. The summed E-state index contributed by atoms with van der Waals surface area (Å²) in [7, 11) is 0. The van der Waals surface area contributed by atoms with Gasteiger partial charge in [-0.2, -0.15) is 5.10 Å². The number of amides is 4. The molecule has 4 amide bonds. The molecule has 1 saturated heterocycles. The number of hydrogen-bond donors (Lipinski definition) is 2. The van der Waals surface area contributed by atoms with Crippen LogP contribution in [0, 0.1) is 13.8 Å². The van der Waals surface area contributed by atoms with Crippen molar-refractivity contribution >= 4 is 23.5 Å². The van der Waals surface area contributed by atoms with E-state index in [0.29, 0.717) is 24.2 Å². The zero-order valence-electron chi connectivity index (χ0n) is 16.0. The van der Waals surface area contributed by atoms with Crippen molar-refractivity contribution in [3.8, 4) is 5.69 Å². The molecule has 4 rings (SSSR count). The van der Waals surface area contributed by atoms with Crippen LogP contribution >= 0.6 is 0 Å². The van der Waals surface area contributed by atoms with Gasteiger partial charge in [-0.05, 0) is 38.8 Å². The van der Waals surface area contributed by atoms with Crippen molar-refractivity contribution < 1.29 is 14.4 Å². The van der Waals surface area contributed by atoms with Crippen LogP contribution < -0.4 is 10.6 Å². The number of aromatic nitrogens is 2. The minimum Gasteiger partial charge on any atom is -0.323 e. The molecule has 2 N–H and O–H groups in total. The molecule has 1 aromatic heterocycles. The summed E-state index contributed by atoms with van der Waals surface area (Å²) in [6.07, 6.45) is 3.09. The Balaban J connectivity index is 1.50. The molecule has 8 nitrogen and oxygen atoms in total. The molecule has 2 aliphatic rings. The fourth-order valence-electron chi connectivity index (χ4n) is 4.10. The molecule has 2 heterocycles. The molecule has 0 bridgehead atoms. The number of urea groups is 1. The highest BCUT2D eigenvalue weighted by Gasteiger charge is 2.52. The van der Waals surface area contributed by atoms with Crippen molar-refractivity contribution in [3.63, 3.8) is 0 Å². The van der Waals surface area contributed by atoms with E-state index in [1.54, 1.807) is 4.68 Å². The summed E-state index contributed by atoms with van der Waals surface area (Å²) >= 11 is 0. The van der Waals surface area contributed by atoms with Gasteiger partial charge in [0.05, 0.1) is 22.8 Å². The number of aryl methyl sites for hydroxylation is 1. The van der Waals surface area contributed by atoms with Gasteiger partial charge in [-0.1, -0.05) is 31.0 Å². The fourth-order valence-corrected chi connectivity index (χ4v) is 4.10. The third-order valence-corrected chi connectivity index (χ3v) is 5.56. The second-order valence-electron chi connectivity index (χ2n) is 7.45. The SMILES string of the molecule is Cc1nn(-c2ccccc2)c(C)c1NC(=O)CN1C(=O)NC2(CCCC2)C1=O. The Kier molecular flexibility index (Phi) is 4.41. The maximum atomic E-state index is 12.7.